The summed E-state index contributed by atoms with van der Waals surface area (Å²) in [6, 6.07) is 10.3. The number of pyridine rings is 1. The number of rotatable bonds is 2. The van der Waals surface area contributed by atoms with Crippen molar-refractivity contribution in [3.05, 3.63) is 54.2 Å². The highest BCUT2D eigenvalue weighted by Crippen LogP contribution is 2.26. The zero-order valence-corrected chi connectivity index (χ0v) is 12.5. The highest BCUT2D eigenvalue weighted by atomic mass is 19.1. The maximum atomic E-state index is 13.2. The molecule has 0 fully saturated rings. The summed E-state index contributed by atoms with van der Waals surface area (Å²) >= 11 is 0. The van der Waals surface area contributed by atoms with Crippen LogP contribution in [0, 0.1) is 11.2 Å². The fraction of sp³-hybridized carbons (Fsp3) is 0.294. The molecule has 21 heavy (non-hydrogen) atoms. The Labute approximate surface area is 123 Å². The Balaban J connectivity index is 2.22. The van der Waals surface area contributed by atoms with Gasteiger partial charge in [0.2, 0.25) is 0 Å². The molecular formula is C17H18FN3. The van der Waals surface area contributed by atoms with E-state index in [4.69, 9.17) is 4.98 Å². The fourth-order valence-corrected chi connectivity index (χ4v) is 2.41. The highest BCUT2D eigenvalue weighted by Gasteiger charge is 2.19. The van der Waals surface area contributed by atoms with Crippen molar-refractivity contribution in [3.63, 3.8) is 0 Å². The van der Waals surface area contributed by atoms with Crippen LogP contribution in [0.25, 0.3) is 16.9 Å². The van der Waals surface area contributed by atoms with Gasteiger partial charge in [-0.2, -0.15) is 0 Å². The molecule has 0 radical (unpaired) electrons. The van der Waals surface area contributed by atoms with Gasteiger partial charge in [0, 0.05) is 18.3 Å². The Morgan fingerprint density at radius 2 is 1.81 bits per heavy atom. The van der Waals surface area contributed by atoms with Gasteiger partial charge in [-0.1, -0.05) is 20.8 Å². The quantitative estimate of drug-likeness (QED) is 0.707. The Bertz CT molecular complexity index is 767. The van der Waals surface area contributed by atoms with Gasteiger partial charge in [0.25, 0.3) is 0 Å². The van der Waals surface area contributed by atoms with Crippen LogP contribution in [0.3, 0.4) is 0 Å². The summed E-state index contributed by atoms with van der Waals surface area (Å²) in [5.41, 5.74) is 2.67. The first-order valence-corrected chi connectivity index (χ1v) is 7.02. The van der Waals surface area contributed by atoms with Gasteiger partial charge in [0.15, 0.2) is 5.65 Å². The van der Waals surface area contributed by atoms with E-state index in [2.05, 4.69) is 25.8 Å². The molecule has 3 aromatic rings. The van der Waals surface area contributed by atoms with E-state index in [1.807, 2.05) is 16.7 Å². The van der Waals surface area contributed by atoms with Crippen LogP contribution >= 0.6 is 0 Å². The van der Waals surface area contributed by atoms with Gasteiger partial charge in [-0.25, -0.2) is 14.4 Å². The lowest BCUT2D eigenvalue weighted by atomic mass is 9.92. The molecule has 0 aliphatic rings. The molecule has 0 unspecified atom stereocenters. The van der Waals surface area contributed by atoms with Crippen LogP contribution in [-0.2, 0) is 6.42 Å². The Hall–Kier alpha value is -2.23. The van der Waals surface area contributed by atoms with E-state index in [1.54, 1.807) is 18.3 Å². The number of hydrogen-bond donors (Lipinski definition) is 0. The van der Waals surface area contributed by atoms with E-state index in [9.17, 15) is 4.39 Å². The zero-order chi connectivity index (χ0) is 15.0. The second-order valence-electron chi connectivity index (χ2n) is 6.42. The molecule has 2 heterocycles. The van der Waals surface area contributed by atoms with Gasteiger partial charge in [0.05, 0.1) is 0 Å². The third-order valence-electron chi connectivity index (χ3n) is 3.26. The average Bonchev–Trinajstić information content (AvgIpc) is 2.75. The molecule has 0 spiro atoms. The van der Waals surface area contributed by atoms with Crippen molar-refractivity contribution in [2.75, 3.05) is 0 Å². The van der Waals surface area contributed by atoms with E-state index in [0.29, 0.717) is 0 Å². The largest absolute Gasteiger partial charge is 0.281 e. The van der Waals surface area contributed by atoms with E-state index in [0.717, 1.165) is 29.1 Å². The van der Waals surface area contributed by atoms with E-state index in [-0.39, 0.29) is 11.2 Å². The molecule has 0 saturated carbocycles. The zero-order valence-electron chi connectivity index (χ0n) is 12.5. The molecule has 0 bridgehead atoms. The predicted octanol–water partition coefficient (Wildman–Crippen LogP) is 4.15. The number of imidazole rings is 1. The number of hydrogen-bond acceptors (Lipinski definition) is 2. The van der Waals surface area contributed by atoms with Crippen molar-refractivity contribution < 1.29 is 4.39 Å². The summed E-state index contributed by atoms with van der Waals surface area (Å²) in [6.07, 6.45) is 2.58. The number of halogens is 1. The van der Waals surface area contributed by atoms with Crippen LogP contribution in [0.15, 0.2) is 42.6 Å². The van der Waals surface area contributed by atoms with Crippen molar-refractivity contribution in [2.24, 2.45) is 5.41 Å². The first-order chi connectivity index (χ1) is 9.94. The summed E-state index contributed by atoms with van der Waals surface area (Å²) in [5, 5.41) is 0. The minimum atomic E-state index is -0.242. The van der Waals surface area contributed by atoms with Gasteiger partial charge >= 0.3 is 0 Å². The molecule has 0 aliphatic heterocycles. The minimum absolute atomic E-state index is 0.110. The molecule has 0 amide bonds. The molecule has 1 aromatic carbocycles. The fourth-order valence-electron chi connectivity index (χ4n) is 2.41. The van der Waals surface area contributed by atoms with Gasteiger partial charge in [-0.3, -0.25) is 4.57 Å². The van der Waals surface area contributed by atoms with Crippen molar-refractivity contribution in [1.82, 2.24) is 14.5 Å². The standard InChI is InChI=1S/C17H18FN3/c1-17(2,3)11-15-20-14-5-4-10-19-16(14)21(15)13-8-6-12(18)7-9-13/h4-10H,11H2,1-3H3. The average molecular weight is 283 g/mol. The SMILES string of the molecule is CC(C)(C)Cc1nc2cccnc2n1-c1ccc(F)cc1. The molecule has 3 nitrogen and oxygen atoms in total. The predicted molar refractivity (Wildman–Crippen MR) is 82.0 cm³/mol. The number of nitrogens with zero attached hydrogens (tertiary/aromatic N) is 3. The van der Waals surface area contributed by atoms with Crippen LogP contribution in [-0.4, -0.2) is 14.5 Å². The molecule has 108 valence electrons. The van der Waals surface area contributed by atoms with Crippen molar-refractivity contribution >= 4 is 11.2 Å². The molecule has 4 heteroatoms. The van der Waals surface area contributed by atoms with Crippen molar-refractivity contribution in [2.45, 2.75) is 27.2 Å². The van der Waals surface area contributed by atoms with E-state index >= 15 is 0 Å². The van der Waals surface area contributed by atoms with Crippen LogP contribution < -0.4 is 0 Å². The topological polar surface area (TPSA) is 30.7 Å². The monoisotopic (exact) mass is 283 g/mol. The molecule has 0 saturated heterocycles. The number of benzene rings is 1. The molecule has 0 atom stereocenters. The van der Waals surface area contributed by atoms with Crippen LogP contribution in [0.5, 0.6) is 0 Å². The summed E-state index contributed by atoms with van der Waals surface area (Å²) in [6.45, 7) is 6.53. The second kappa shape index (κ2) is 4.95. The molecule has 0 N–H and O–H groups in total. The summed E-state index contributed by atoms with van der Waals surface area (Å²) in [5.74, 6) is 0.705. The summed E-state index contributed by atoms with van der Waals surface area (Å²) in [7, 11) is 0. The minimum Gasteiger partial charge on any atom is -0.281 e. The van der Waals surface area contributed by atoms with Crippen molar-refractivity contribution in [3.8, 4) is 5.69 Å². The highest BCUT2D eigenvalue weighted by molar-refractivity contribution is 5.73. The van der Waals surface area contributed by atoms with Gasteiger partial charge in [0.1, 0.15) is 17.2 Å². The summed E-state index contributed by atoms with van der Waals surface area (Å²) in [4.78, 5) is 9.14. The van der Waals surface area contributed by atoms with Gasteiger partial charge in [-0.15, -0.1) is 0 Å². The molecule has 2 aromatic heterocycles. The number of fused-ring (bicyclic) bond motifs is 1. The Morgan fingerprint density at radius 3 is 2.48 bits per heavy atom. The molecular weight excluding hydrogens is 265 g/mol. The molecule has 0 aliphatic carbocycles. The van der Waals surface area contributed by atoms with Crippen LogP contribution in [0.1, 0.15) is 26.6 Å². The lowest BCUT2D eigenvalue weighted by Gasteiger charge is -2.18. The normalized spacial score (nSPS) is 12.0. The first kappa shape index (κ1) is 13.7. The smallest absolute Gasteiger partial charge is 0.164 e. The van der Waals surface area contributed by atoms with E-state index < -0.39 is 0 Å². The van der Waals surface area contributed by atoms with Gasteiger partial charge in [-0.05, 0) is 41.8 Å². The van der Waals surface area contributed by atoms with Crippen LogP contribution in [0.4, 0.5) is 4.39 Å². The Kier molecular flexibility index (Phi) is 3.24. The third-order valence-corrected chi connectivity index (χ3v) is 3.26. The lowest BCUT2D eigenvalue weighted by molar-refractivity contribution is 0.399. The van der Waals surface area contributed by atoms with Crippen LogP contribution in [0.2, 0.25) is 0 Å². The Morgan fingerprint density at radius 1 is 1.10 bits per heavy atom. The third kappa shape index (κ3) is 2.79. The van der Waals surface area contributed by atoms with Gasteiger partial charge < -0.3 is 0 Å². The maximum Gasteiger partial charge on any atom is 0.164 e. The first-order valence-electron chi connectivity index (χ1n) is 7.02. The second-order valence-corrected chi connectivity index (χ2v) is 6.42. The lowest BCUT2D eigenvalue weighted by Crippen LogP contribution is -2.14. The summed E-state index contributed by atoms with van der Waals surface area (Å²) < 4.78 is 15.2. The van der Waals surface area contributed by atoms with E-state index in [1.165, 1.54) is 12.1 Å². The number of aromatic nitrogens is 3. The maximum absolute atomic E-state index is 13.2. The van der Waals surface area contributed by atoms with Crippen molar-refractivity contribution in [1.29, 1.82) is 0 Å². The molecule has 3 rings (SSSR count).